The van der Waals surface area contributed by atoms with Crippen molar-refractivity contribution in [2.75, 3.05) is 6.54 Å². The van der Waals surface area contributed by atoms with E-state index in [0.717, 1.165) is 18.3 Å². The lowest BCUT2D eigenvalue weighted by Crippen LogP contribution is -2.22. The van der Waals surface area contributed by atoms with Crippen molar-refractivity contribution in [1.29, 1.82) is 0 Å². The maximum atomic E-state index is 4.09. The number of aromatic nitrogens is 4. The smallest absolute Gasteiger partial charge is 0.188 e. The summed E-state index contributed by atoms with van der Waals surface area (Å²) < 4.78 is 0. The number of rotatable bonds is 6. The summed E-state index contributed by atoms with van der Waals surface area (Å²) >= 11 is 0. The van der Waals surface area contributed by atoms with E-state index >= 15 is 0 Å². The number of hydrogen-bond donors (Lipinski definition) is 1. The second-order valence-electron chi connectivity index (χ2n) is 3.51. The molecule has 0 bridgehead atoms. The molecule has 80 valence electrons. The second-order valence-corrected chi connectivity index (χ2v) is 3.51. The van der Waals surface area contributed by atoms with Crippen LogP contribution < -0.4 is 5.32 Å². The van der Waals surface area contributed by atoms with E-state index in [9.17, 15) is 0 Å². The van der Waals surface area contributed by atoms with Gasteiger partial charge in [0.05, 0.1) is 13.6 Å². The summed E-state index contributed by atoms with van der Waals surface area (Å²) in [5.74, 6) is 1.52. The third-order valence-corrected chi connectivity index (χ3v) is 2.42. The molecule has 0 fully saturated rings. The molecular formula is C9H19N5. The van der Waals surface area contributed by atoms with Crippen molar-refractivity contribution in [2.45, 2.75) is 33.2 Å². The summed E-state index contributed by atoms with van der Waals surface area (Å²) in [5.41, 5.74) is 0. The van der Waals surface area contributed by atoms with Crippen molar-refractivity contribution in [2.24, 2.45) is 13.0 Å². The first kappa shape index (κ1) is 11.1. The lowest BCUT2D eigenvalue weighted by Gasteiger charge is -2.11. The Kier molecular flexibility index (Phi) is 4.52. The molecule has 14 heavy (non-hydrogen) atoms. The van der Waals surface area contributed by atoms with Crippen molar-refractivity contribution in [1.82, 2.24) is 25.5 Å². The van der Waals surface area contributed by atoms with E-state index in [1.807, 2.05) is 0 Å². The monoisotopic (exact) mass is 197 g/mol. The lowest BCUT2D eigenvalue weighted by molar-refractivity contribution is 0.445. The van der Waals surface area contributed by atoms with Crippen LogP contribution in [-0.4, -0.2) is 26.8 Å². The van der Waals surface area contributed by atoms with Crippen LogP contribution >= 0.6 is 0 Å². The highest BCUT2D eigenvalue weighted by molar-refractivity contribution is 4.75. The fourth-order valence-corrected chi connectivity index (χ4v) is 1.36. The van der Waals surface area contributed by atoms with Gasteiger partial charge in [0, 0.05) is 0 Å². The average molecular weight is 197 g/mol. The molecule has 1 rings (SSSR count). The van der Waals surface area contributed by atoms with Gasteiger partial charge in [-0.2, -0.15) is 4.80 Å². The first-order chi connectivity index (χ1) is 6.76. The highest BCUT2D eigenvalue weighted by Crippen LogP contribution is 2.05. The van der Waals surface area contributed by atoms with Crippen LogP contribution in [-0.2, 0) is 13.6 Å². The molecule has 1 aromatic heterocycles. The van der Waals surface area contributed by atoms with E-state index in [4.69, 9.17) is 0 Å². The average Bonchev–Trinajstić information content (AvgIpc) is 2.59. The zero-order chi connectivity index (χ0) is 10.4. The van der Waals surface area contributed by atoms with Gasteiger partial charge in [0.15, 0.2) is 5.82 Å². The molecule has 5 heteroatoms. The van der Waals surface area contributed by atoms with Crippen molar-refractivity contribution < 1.29 is 0 Å². The number of nitrogens with one attached hydrogen (secondary N) is 1. The van der Waals surface area contributed by atoms with E-state index in [2.05, 4.69) is 34.6 Å². The zero-order valence-electron chi connectivity index (χ0n) is 9.19. The molecule has 0 saturated carbocycles. The Morgan fingerprint density at radius 2 is 2.07 bits per heavy atom. The fraction of sp³-hybridized carbons (Fsp3) is 0.889. The van der Waals surface area contributed by atoms with Gasteiger partial charge in [0.25, 0.3) is 0 Å². The maximum Gasteiger partial charge on any atom is 0.188 e. The second kappa shape index (κ2) is 5.70. The first-order valence-electron chi connectivity index (χ1n) is 5.19. The standard InChI is InChI=1S/C9H19N5/c1-4-8(5-2)6-10-7-9-11-13-14(3)12-9/h8,10H,4-7H2,1-3H3. The summed E-state index contributed by atoms with van der Waals surface area (Å²) in [5, 5.41) is 15.1. The Labute approximate surface area is 84.9 Å². The molecule has 0 spiro atoms. The van der Waals surface area contributed by atoms with Gasteiger partial charge in [0.2, 0.25) is 0 Å². The highest BCUT2D eigenvalue weighted by Gasteiger charge is 2.04. The van der Waals surface area contributed by atoms with Gasteiger partial charge in [-0.1, -0.05) is 26.7 Å². The molecule has 1 N–H and O–H groups in total. The molecule has 0 unspecified atom stereocenters. The molecule has 5 nitrogen and oxygen atoms in total. The molecule has 0 aliphatic carbocycles. The molecule has 1 aromatic rings. The summed E-state index contributed by atoms with van der Waals surface area (Å²) in [4.78, 5) is 1.48. The molecule has 0 atom stereocenters. The van der Waals surface area contributed by atoms with E-state index in [1.54, 1.807) is 7.05 Å². The molecule has 0 radical (unpaired) electrons. The van der Waals surface area contributed by atoms with Crippen LogP contribution in [0.2, 0.25) is 0 Å². The fourth-order valence-electron chi connectivity index (χ4n) is 1.36. The van der Waals surface area contributed by atoms with Crippen LogP contribution in [0.3, 0.4) is 0 Å². The third kappa shape index (κ3) is 3.41. The summed E-state index contributed by atoms with van der Waals surface area (Å²) in [7, 11) is 1.78. The van der Waals surface area contributed by atoms with Gasteiger partial charge >= 0.3 is 0 Å². The Morgan fingerprint density at radius 3 is 2.57 bits per heavy atom. The number of aryl methyl sites for hydroxylation is 1. The largest absolute Gasteiger partial charge is 0.309 e. The lowest BCUT2D eigenvalue weighted by atomic mass is 10.0. The topological polar surface area (TPSA) is 55.6 Å². The van der Waals surface area contributed by atoms with Crippen molar-refractivity contribution in [3.05, 3.63) is 5.82 Å². The van der Waals surface area contributed by atoms with Gasteiger partial charge in [-0.15, -0.1) is 10.2 Å². The number of nitrogens with zero attached hydrogens (tertiary/aromatic N) is 4. The summed E-state index contributed by atoms with van der Waals surface area (Å²) in [6.07, 6.45) is 2.44. The summed E-state index contributed by atoms with van der Waals surface area (Å²) in [6.45, 7) is 6.18. The van der Waals surface area contributed by atoms with Crippen molar-refractivity contribution in [3.63, 3.8) is 0 Å². The zero-order valence-corrected chi connectivity index (χ0v) is 9.19. The maximum absolute atomic E-state index is 4.09. The first-order valence-corrected chi connectivity index (χ1v) is 5.19. The van der Waals surface area contributed by atoms with E-state index in [0.29, 0.717) is 6.54 Å². The van der Waals surface area contributed by atoms with Gasteiger partial charge < -0.3 is 5.32 Å². The predicted molar refractivity (Wildman–Crippen MR) is 54.6 cm³/mol. The minimum Gasteiger partial charge on any atom is -0.309 e. The normalized spacial score (nSPS) is 11.1. The van der Waals surface area contributed by atoms with E-state index in [-0.39, 0.29) is 0 Å². The van der Waals surface area contributed by atoms with Crippen LogP contribution in [0.4, 0.5) is 0 Å². The quantitative estimate of drug-likeness (QED) is 0.730. The molecular weight excluding hydrogens is 178 g/mol. The number of tetrazole rings is 1. The molecule has 0 aliphatic heterocycles. The molecule has 0 amide bonds. The minimum atomic E-state index is 0.713. The van der Waals surface area contributed by atoms with Crippen LogP contribution in [0.5, 0.6) is 0 Å². The van der Waals surface area contributed by atoms with E-state index in [1.165, 1.54) is 17.6 Å². The minimum absolute atomic E-state index is 0.713. The van der Waals surface area contributed by atoms with Crippen molar-refractivity contribution >= 4 is 0 Å². The SMILES string of the molecule is CCC(CC)CNCc1nnn(C)n1. The Morgan fingerprint density at radius 1 is 1.36 bits per heavy atom. The Hall–Kier alpha value is -0.970. The van der Waals surface area contributed by atoms with Crippen LogP contribution in [0, 0.1) is 5.92 Å². The van der Waals surface area contributed by atoms with Gasteiger partial charge in [-0.25, -0.2) is 0 Å². The Balaban J connectivity index is 2.21. The van der Waals surface area contributed by atoms with E-state index < -0.39 is 0 Å². The van der Waals surface area contributed by atoms with Gasteiger partial charge in [-0.05, 0) is 17.7 Å². The molecule has 0 aliphatic rings. The van der Waals surface area contributed by atoms with Gasteiger partial charge in [-0.3, -0.25) is 0 Å². The predicted octanol–water partition coefficient (Wildman–Crippen LogP) is 0.736. The van der Waals surface area contributed by atoms with Crippen LogP contribution in [0.15, 0.2) is 0 Å². The third-order valence-electron chi connectivity index (χ3n) is 2.42. The summed E-state index contributed by atoms with van der Waals surface area (Å²) in [6, 6.07) is 0. The van der Waals surface area contributed by atoms with Gasteiger partial charge in [0.1, 0.15) is 0 Å². The molecule has 0 aromatic carbocycles. The van der Waals surface area contributed by atoms with Crippen molar-refractivity contribution in [3.8, 4) is 0 Å². The Bertz CT molecular complexity index is 253. The van der Waals surface area contributed by atoms with Crippen LogP contribution in [0.25, 0.3) is 0 Å². The molecule has 1 heterocycles. The highest BCUT2D eigenvalue weighted by atomic mass is 15.6. The van der Waals surface area contributed by atoms with Crippen LogP contribution in [0.1, 0.15) is 32.5 Å². The number of hydrogen-bond acceptors (Lipinski definition) is 4. The molecule has 0 saturated heterocycles.